The summed E-state index contributed by atoms with van der Waals surface area (Å²) in [7, 11) is 0. The summed E-state index contributed by atoms with van der Waals surface area (Å²) in [5.41, 5.74) is 3.95. The zero-order chi connectivity index (χ0) is 16.8. The van der Waals surface area contributed by atoms with Crippen molar-refractivity contribution < 1.29 is 14.3 Å². The van der Waals surface area contributed by atoms with Crippen LogP contribution in [0.5, 0.6) is 0 Å². The summed E-state index contributed by atoms with van der Waals surface area (Å²) in [6, 6.07) is 0. The third-order valence-corrected chi connectivity index (χ3v) is 3.31. The minimum atomic E-state index is -0.310. The Morgan fingerprint density at radius 2 is 1.68 bits per heavy atom. The van der Waals surface area contributed by atoms with Crippen molar-refractivity contribution in [2.75, 3.05) is 6.61 Å². The van der Waals surface area contributed by atoms with E-state index >= 15 is 0 Å². The van der Waals surface area contributed by atoms with Gasteiger partial charge in [0.2, 0.25) is 0 Å². The van der Waals surface area contributed by atoms with Crippen molar-refractivity contribution in [3.05, 3.63) is 35.5 Å². The van der Waals surface area contributed by atoms with E-state index in [1.54, 1.807) is 0 Å². The Labute approximate surface area is 135 Å². The summed E-state index contributed by atoms with van der Waals surface area (Å²) in [4.78, 5) is 21.3. The predicted molar refractivity (Wildman–Crippen MR) is 91.7 cm³/mol. The summed E-state index contributed by atoms with van der Waals surface area (Å²) >= 11 is 0. The third-order valence-electron chi connectivity index (χ3n) is 3.31. The molecule has 0 fully saturated rings. The van der Waals surface area contributed by atoms with Crippen molar-refractivity contribution in [1.29, 1.82) is 0 Å². The first-order valence-corrected chi connectivity index (χ1v) is 8.00. The molecule has 0 aliphatic heterocycles. The molecule has 0 radical (unpaired) electrons. The molecule has 0 saturated carbocycles. The largest absolute Gasteiger partial charge is 0.458 e. The molecule has 0 rings (SSSR count). The summed E-state index contributed by atoms with van der Waals surface area (Å²) in [5, 5.41) is 0. The molecule has 0 amide bonds. The van der Waals surface area contributed by atoms with Gasteiger partial charge in [0.25, 0.3) is 0 Å². The van der Waals surface area contributed by atoms with Gasteiger partial charge in [-0.25, -0.2) is 0 Å². The summed E-state index contributed by atoms with van der Waals surface area (Å²) in [6.07, 6.45) is 11.2. The predicted octanol–water partition coefficient (Wildman–Crippen LogP) is 4.93. The van der Waals surface area contributed by atoms with Crippen molar-refractivity contribution in [1.82, 2.24) is 0 Å². The van der Waals surface area contributed by atoms with Crippen LogP contribution in [0.25, 0.3) is 0 Å². The lowest BCUT2D eigenvalue weighted by Crippen LogP contribution is -2.06. The molecule has 0 unspecified atom stereocenters. The van der Waals surface area contributed by atoms with Crippen LogP contribution in [0.1, 0.15) is 65.7 Å². The number of rotatable bonds is 12. The van der Waals surface area contributed by atoms with Crippen LogP contribution in [0.3, 0.4) is 0 Å². The fourth-order valence-electron chi connectivity index (χ4n) is 2.02. The van der Waals surface area contributed by atoms with E-state index in [1.807, 2.05) is 0 Å². The van der Waals surface area contributed by atoms with E-state index in [1.165, 1.54) is 11.1 Å². The Morgan fingerprint density at radius 3 is 2.32 bits per heavy atom. The zero-order valence-electron chi connectivity index (χ0n) is 14.3. The molecule has 0 aromatic heterocycles. The fraction of sp³-hybridized carbons (Fsp3) is 0.579. The van der Waals surface area contributed by atoms with Crippen molar-refractivity contribution in [2.24, 2.45) is 0 Å². The first-order chi connectivity index (χ1) is 10.5. The van der Waals surface area contributed by atoms with Gasteiger partial charge < -0.3 is 4.74 Å². The molecule has 0 aliphatic carbocycles. The minimum absolute atomic E-state index is 0.142. The molecule has 0 aromatic carbocycles. The second-order valence-electron chi connectivity index (χ2n) is 5.86. The number of hydrogen-bond acceptors (Lipinski definition) is 3. The van der Waals surface area contributed by atoms with Gasteiger partial charge in [0, 0.05) is 6.42 Å². The van der Waals surface area contributed by atoms with Crippen LogP contribution in [0, 0.1) is 0 Å². The van der Waals surface area contributed by atoms with Crippen molar-refractivity contribution in [3.63, 3.8) is 0 Å². The molecular formula is C19H30O3. The summed E-state index contributed by atoms with van der Waals surface area (Å²) in [6.45, 7) is 10.3. The molecule has 0 atom stereocenters. The molecule has 0 spiro atoms. The van der Waals surface area contributed by atoms with Crippen LogP contribution in [0.2, 0.25) is 0 Å². The Bertz CT molecular complexity index is 412. The minimum Gasteiger partial charge on any atom is -0.458 e. The molecule has 124 valence electrons. The molecular weight excluding hydrogens is 276 g/mol. The average Bonchev–Trinajstić information content (AvgIpc) is 2.44. The Hall–Kier alpha value is -1.64. The van der Waals surface area contributed by atoms with E-state index in [-0.39, 0.29) is 12.6 Å². The molecule has 0 heterocycles. The molecule has 0 saturated heterocycles. The van der Waals surface area contributed by atoms with Crippen LogP contribution in [-0.4, -0.2) is 18.9 Å². The van der Waals surface area contributed by atoms with Gasteiger partial charge in [-0.05, 0) is 59.3 Å². The molecule has 0 aromatic rings. The smallest absolute Gasteiger partial charge is 0.306 e. The number of aldehydes is 1. The summed E-state index contributed by atoms with van der Waals surface area (Å²) < 4.78 is 4.69. The number of esters is 1. The van der Waals surface area contributed by atoms with Gasteiger partial charge in [0.15, 0.2) is 6.29 Å². The second kappa shape index (κ2) is 13.1. The van der Waals surface area contributed by atoms with Gasteiger partial charge in [0.05, 0.1) is 0 Å². The maximum absolute atomic E-state index is 11.2. The Kier molecular flexibility index (Phi) is 12.1. The number of hydrogen-bond donors (Lipinski definition) is 0. The lowest BCUT2D eigenvalue weighted by atomic mass is 10.0. The fourth-order valence-corrected chi connectivity index (χ4v) is 2.02. The summed E-state index contributed by atoms with van der Waals surface area (Å²) in [5.74, 6) is -0.310. The van der Waals surface area contributed by atoms with Gasteiger partial charge in [-0.2, -0.15) is 0 Å². The Balaban J connectivity index is 3.74. The molecule has 0 N–H and O–H groups in total. The zero-order valence-corrected chi connectivity index (χ0v) is 14.3. The van der Waals surface area contributed by atoms with Gasteiger partial charge in [-0.15, -0.1) is 0 Å². The monoisotopic (exact) mass is 306 g/mol. The van der Waals surface area contributed by atoms with Crippen molar-refractivity contribution >= 4 is 12.3 Å². The third kappa shape index (κ3) is 13.3. The molecule has 3 nitrogen and oxygen atoms in total. The van der Waals surface area contributed by atoms with E-state index in [0.717, 1.165) is 44.1 Å². The van der Waals surface area contributed by atoms with E-state index in [9.17, 15) is 9.59 Å². The van der Waals surface area contributed by atoms with Crippen LogP contribution < -0.4 is 0 Å². The first kappa shape index (κ1) is 20.4. The topological polar surface area (TPSA) is 43.4 Å². The lowest BCUT2D eigenvalue weighted by Gasteiger charge is -2.05. The van der Waals surface area contributed by atoms with E-state index < -0.39 is 0 Å². The standard InChI is InChI=1S/C19H30O3/c1-16(2)8-5-9-17(3)10-6-11-18(4)12-7-13-19(21)22-15-14-20/h8,10,14H,4-7,9,11-13,15H2,1-3H3. The van der Waals surface area contributed by atoms with Crippen LogP contribution in [0.15, 0.2) is 35.5 Å². The van der Waals surface area contributed by atoms with E-state index in [4.69, 9.17) is 0 Å². The first-order valence-electron chi connectivity index (χ1n) is 8.00. The average molecular weight is 306 g/mol. The maximum Gasteiger partial charge on any atom is 0.306 e. The quantitative estimate of drug-likeness (QED) is 0.292. The van der Waals surface area contributed by atoms with Crippen molar-refractivity contribution in [2.45, 2.75) is 65.7 Å². The normalized spacial score (nSPS) is 11.0. The van der Waals surface area contributed by atoms with Gasteiger partial charge in [-0.1, -0.05) is 35.5 Å². The van der Waals surface area contributed by atoms with E-state index in [0.29, 0.717) is 12.7 Å². The Morgan fingerprint density at radius 1 is 1.00 bits per heavy atom. The number of allylic oxidation sites excluding steroid dienone is 5. The number of carbonyl (C=O) groups is 2. The van der Waals surface area contributed by atoms with Gasteiger partial charge in [0.1, 0.15) is 6.61 Å². The second-order valence-corrected chi connectivity index (χ2v) is 5.86. The highest BCUT2D eigenvalue weighted by molar-refractivity contribution is 5.71. The molecule has 0 bridgehead atoms. The van der Waals surface area contributed by atoms with Crippen LogP contribution in [-0.2, 0) is 14.3 Å². The SMILES string of the molecule is C=C(CCC=C(C)CCC=C(C)C)CCCC(=O)OCC=O. The highest BCUT2D eigenvalue weighted by Crippen LogP contribution is 2.14. The van der Waals surface area contributed by atoms with Gasteiger partial charge >= 0.3 is 5.97 Å². The van der Waals surface area contributed by atoms with Gasteiger partial charge in [-0.3, -0.25) is 9.59 Å². The maximum atomic E-state index is 11.2. The van der Waals surface area contributed by atoms with E-state index in [2.05, 4.69) is 44.2 Å². The molecule has 22 heavy (non-hydrogen) atoms. The highest BCUT2D eigenvalue weighted by atomic mass is 16.5. The number of carbonyl (C=O) groups excluding carboxylic acids is 2. The molecule has 3 heteroatoms. The highest BCUT2D eigenvalue weighted by Gasteiger charge is 2.03. The number of ether oxygens (including phenoxy) is 1. The lowest BCUT2D eigenvalue weighted by molar-refractivity contribution is -0.145. The van der Waals surface area contributed by atoms with Crippen LogP contribution >= 0.6 is 0 Å². The molecule has 0 aliphatic rings. The van der Waals surface area contributed by atoms with Crippen molar-refractivity contribution in [3.8, 4) is 0 Å². The van der Waals surface area contributed by atoms with Crippen LogP contribution in [0.4, 0.5) is 0 Å².